The summed E-state index contributed by atoms with van der Waals surface area (Å²) in [6.45, 7) is 6.00. The third-order valence-electron chi connectivity index (χ3n) is 3.91. The van der Waals surface area contributed by atoms with Crippen molar-refractivity contribution in [2.75, 3.05) is 24.5 Å². The Morgan fingerprint density at radius 3 is 3.12 bits per heavy atom. The summed E-state index contributed by atoms with van der Waals surface area (Å²) in [6, 6.07) is 5.59. The monoisotopic (exact) mass is 217 g/mol. The van der Waals surface area contributed by atoms with E-state index >= 15 is 0 Å². The van der Waals surface area contributed by atoms with Crippen molar-refractivity contribution in [3.05, 3.63) is 24.5 Å². The molecule has 2 fully saturated rings. The van der Waals surface area contributed by atoms with E-state index in [2.05, 4.69) is 27.8 Å². The van der Waals surface area contributed by atoms with E-state index in [1.54, 1.807) is 0 Å². The SMILES string of the molecule is CC1CN2CCCC2CN1c1cccnc1. The van der Waals surface area contributed by atoms with E-state index in [1.165, 1.54) is 38.2 Å². The Labute approximate surface area is 97.1 Å². The number of pyridine rings is 1. The Balaban J connectivity index is 1.80. The normalized spacial score (nSPS) is 30.4. The van der Waals surface area contributed by atoms with Crippen molar-refractivity contribution in [3.8, 4) is 0 Å². The number of fused-ring (bicyclic) bond motifs is 1. The molecular weight excluding hydrogens is 198 g/mol. The maximum Gasteiger partial charge on any atom is 0.0556 e. The third kappa shape index (κ3) is 1.69. The second kappa shape index (κ2) is 4.06. The van der Waals surface area contributed by atoms with Crippen LogP contribution in [0.25, 0.3) is 0 Å². The maximum absolute atomic E-state index is 4.22. The number of hydrogen-bond acceptors (Lipinski definition) is 3. The maximum atomic E-state index is 4.22. The quantitative estimate of drug-likeness (QED) is 0.714. The van der Waals surface area contributed by atoms with E-state index in [4.69, 9.17) is 0 Å². The fourth-order valence-corrected chi connectivity index (χ4v) is 3.07. The van der Waals surface area contributed by atoms with Crippen molar-refractivity contribution in [2.45, 2.75) is 31.8 Å². The molecule has 2 saturated heterocycles. The average molecular weight is 217 g/mol. The van der Waals surface area contributed by atoms with E-state index in [9.17, 15) is 0 Å². The van der Waals surface area contributed by atoms with E-state index < -0.39 is 0 Å². The molecule has 3 heterocycles. The highest BCUT2D eigenvalue weighted by atomic mass is 15.3. The van der Waals surface area contributed by atoms with Crippen molar-refractivity contribution < 1.29 is 0 Å². The molecular formula is C13H19N3. The molecule has 0 saturated carbocycles. The van der Waals surface area contributed by atoms with Gasteiger partial charge in [0.25, 0.3) is 0 Å². The summed E-state index contributed by atoms with van der Waals surface area (Å²) in [5.74, 6) is 0. The molecule has 0 spiro atoms. The van der Waals surface area contributed by atoms with Crippen molar-refractivity contribution in [1.82, 2.24) is 9.88 Å². The van der Waals surface area contributed by atoms with Gasteiger partial charge in [-0.3, -0.25) is 9.88 Å². The summed E-state index contributed by atoms with van der Waals surface area (Å²) in [6.07, 6.45) is 6.57. The topological polar surface area (TPSA) is 19.4 Å². The summed E-state index contributed by atoms with van der Waals surface area (Å²) >= 11 is 0. The number of aromatic nitrogens is 1. The summed E-state index contributed by atoms with van der Waals surface area (Å²) in [7, 11) is 0. The van der Waals surface area contributed by atoms with Crippen LogP contribution in [0.15, 0.2) is 24.5 Å². The zero-order chi connectivity index (χ0) is 11.0. The lowest BCUT2D eigenvalue weighted by molar-refractivity contribution is 0.203. The third-order valence-corrected chi connectivity index (χ3v) is 3.91. The van der Waals surface area contributed by atoms with Crippen LogP contribution >= 0.6 is 0 Å². The first-order chi connectivity index (χ1) is 7.84. The predicted molar refractivity (Wildman–Crippen MR) is 65.6 cm³/mol. The van der Waals surface area contributed by atoms with Gasteiger partial charge in [-0.15, -0.1) is 0 Å². The standard InChI is InChI=1S/C13H19N3/c1-11-9-15-7-3-5-13(15)10-16(11)12-4-2-6-14-8-12/h2,4,6,8,11,13H,3,5,7,9-10H2,1H3. The smallest absolute Gasteiger partial charge is 0.0556 e. The van der Waals surface area contributed by atoms with Crippen molar-refractivity contribution in [1.29, 1.82) is 0 Å². The van der Waals surface area contributed by atoms with Crippen LogP contribution < -0.4 is 4.90 Å². The zero-order valence-corrected chi connectivity index (χ0v) is 9.84. The van der Waals surface area contributed by atoms with E-state index in [0.717, 1.165) is 6.04 Å². The van der Waals surface area contributed by atoms with Crippen LogP contribution in [0.1, 0.15) is 19.8 Å². The highest BCUT2D eigenvalue weighted by Crippen LogP contribution is 2.27. The molecule has 0 aromatic carbocycles. The fraction of sp³-hybridized carbons (Fsp3) is 0.615. The first-order valence-electron chi connectivity index (χ1n) is 6.25. The van der Waals surface area contributed by atoms with Gasteiger partial charge in [-0.2, -0.15) is 0 Å². The first kappa shape index (κ1) is 10.1. The van der Waals surface area contributed by atoms with Gasteiger partial charge in [-0.25, -0.2) is 0 Å². The minimum atomic E-state index is 0.610. The van der Waals surface area contributed by atoms with Gasteiger partial charge in [0.15, 0.2) is 0 Å². The molecule has 2 aliphatic rings. The molecule has 0 aliphatic carbocycles. The number of anilines is 1. The van der Waals surface area contributed by atoms with Crippen LogP contribution in [0.3, 0.4) is 0 Å². The van der Waals surface area contributed by atoms with Crippen LogP contribution in [-0.2, 0) is 0 Å². The largest absolute Gasteiger partial charge is 0.365 e. The molecule has 2 unspecified atom stereocenters. The van der Waals surface area contributed by atoms with Gasteiger partial charge < -0.3 is 4.90 Å². The average Bonchev–Trinajstić information content (AvgIpc) is 2.76. The Bertz CT molecular complexity index is 351. The number of hydrogen-bond donors (Lipinski definition) is 0. The Morgan fingerprint density at radius 1 is 1.38 bits per heavy atom. The summed E-state index contributed by atoms with van der Waals surface area (Å²) in [5, 5.41) is 0. The van der Waals surface area contributed by atoms with Crippen molar-refractivity contribution in [2.24, 2.45) is 0 Å². The molecule has 0 N–H and O–H groups in total. The van der Waals surface area contributed by atoms with Gasteiger partial charge in [0, 0.05) is 31.4 Å². The second-order valence-electron chi connectivity index (χ2n) is 5.00. The Kier molecular flexibility index (Phi) is 2.56. The lowest BCUT2D eigenvalue weighted by Crippen LogP contribution is -2.55. The van der Waals surface area contributed by atoms with Crippen LogP contribution in [0, 0.1) is 0 Å². The van der Waals surface area contributed by atoms with Gasteiger partial charge in [0.1, 0.15) is 0 Å². The molecule has 86 valence electrons. The Hall–Kier alpha value is -1.09. The van der Waals surface area contributed by atoms with Gasteiger partial charge in [0.05, 0.1) is 11.9 Å². The number of nitrogens with zero attached hydrogens (tertiary/aromatic N) is 3. The van der Waals surface area contributed by atoms with Crippen LogP contribution in [0.4, 0.5) is 5.69 Å². The van der Waals surface area contributed by atoms with Gasteiger partial charge in [0.2, 0.25) is 0 Å². The first-order valence-corrected chi connectivity index (χ1v) is 6.25. The molecule has 3 rings (SSSR count). The van der Waals surface area contributed by atoms with E-state index in [0.29, 0.717) is 6.04 Å². The van der Waals surface area contributed by atoms with Crippen LogP contribution in [0.2, 0.25) is 0 Å². The van der Waals surface area contributed by atoms with Crippen molar-refractivity contribution in [3.63, 3.8) is 0 Å². The molecule has 0 radical (unpaired) electrons. The van der Waals surface area contributed by atoms with Crippen LogP contribution in [0.5, 0.6) is 0 Å². The molecule has 0 amide bonds. The molecule has 2 atom stereocenters. The summed E-state index contributed by atoms with van der Waals surface area (Å²) in [4.78, 5) is 9.39. The highest BCUT2D eigenvalue weighted by molar-refractivity contribution is 5.45. The lowest BCUT2D eigenvalue weighted by atomic mass is 10.1. The zero-order valence-electron chi connectivity index (χ0n) is 9.84. The molecule has 16 heavy (non-hydrogen) atoms. The molecule has 2 aliphatic heterocycles. The lowest BCUT2D eigenvalue weighted by Gasteiger charge is -2.43. The van der Waals surface area contributed by atoms with E-state index in [-0.39, 0.29) is 0 Å². The summed E-state index contributed by atoms with van der Waals surface area (Å²) in [5.41, 5.74) is 1.28. The number of rotatable bonds is 1. The molecule has 3 nitrogen and oxygen atoms in total. The predicted octanol–water partition coefficient (Wildman–Crippen LogP) is 1.75. The fourth-order valence-electron chi connectivity index (χ4n) is 3.07. The Morgan fingerprint density at radius 2 is 2.31 bits per heavy atom. The van der Waals surface area contributed by atoms with Crippen LogP contribution in [-0.4, -0.2) is 41.6 Å². The van der Waals surface area contributed by atoms with Gasteiger partial charge in [-0.1, -0.05) is 0 Å². The van der Waals surface area contributed by atoms with E-state index in [1.807, 2.05) is 18.5 Å². The minimum absolute atomic E-state index is 0.610. The summed E-state index contributed by atoms with van der Waals surface area (Å²) < 4.78 is 0. The van der Waals surface area contributed by atoms with Crippen molar-refractivity contribution >= 4 is 5.69 Å². The minimum Gasteiger partial charge on any atom is -0.365 e. The molecule has 0 bridgehead atoms. The molecule has 1 aromatic heterocycles. The van der Waals surface area contributed by atoms with Gasteiger partial charge in [-0.05, 0) is 38.4 Å². The molecule has 1 aromatic rings. The van der Waals surface area contributed by atoms with Gasteiger partial charge >= 0.3 is 0 Å². The number of piperazine rings is 1. The second-order valence-corrected chi connectivity index (χ2v) is 5.00. The highest BCUT2D eigenvalue weighted by Gasteiger charge is 2.34. The molecule has 3 heteroatoms.